The number of rotatable bonds is 1. The molecule has 29 heavy (non-hydrogen) atoms. The fraction of sp³-hybridized carbons (Fsp3) is 0.360. The maximum Gasteiger partial charge on any atom is 0.490 e. The van der Waals surface area contributed by atoms with Crippen LogP contribution in [0.25, 0.3) is 27.5 Å². The Morgan fingerprint density at radius 1 is 0.897 bits per heavy atom. The fourth-order valence-corrected chi connectivity index (χ4v) is 5.19. The molecule has 0 bridgehead atoms. The number of nitrogens with zero attached hydrogens (tertiary/aromatic N) is 1. The summed E-state index contributed by atoms with van der Waals surface area (Å²) in [5, 5.41) is 2.69. The molecule has 0 spiro atoms. The highest BCUT2D eigenvalue weighted by molar-refractivity contribution is 6.54. The van der Waals surface area contributed by atoms with Crippen molar-refractivity contribution in [3.8, 4) is 0 Å². The highest BCUT2D eigenvalue weighted by Gasteiger charge is 2.52. The van der Waals surface area contributed by atoms with E-state index in [2.05, 4.69) is 86.9 Å². The molecule has 1 fully saturated rings. The minimum atomic E-state index is -0.307. The maximum atomic E-state index is 6.39. The molecule has 3 aliphatic rings. The molecule has 0 amide bonds. The second kappa shape index (κ2) is 5.65. The van der Waals surface area contributed by atoms with Gasteiger partial charge >= 0.3 is 7.12 Å². The minimum Gasteiger partial charge on any atom is -0.400 e. The van der Waals surface area contributed by atoms with Crippen LogP contribution in [-0.4, -0.2) is 22.9 Å². The zero-order chi connectivity index (χ0) is 20.0. The van der Waals surface area contributed by atoms with Crippen molar-refractivity contribution in [2.75, 3.05) is 0 Å². The third-order valence-electron chi connectivity index (χ3n) is 7.42. The van der Waals surface area contributed by atoms with E-state index in [9.17, 15) is 0 Å². The van der Waals surface area contributed by atoms with Crippen LogP contribution in [0.4, 0.5) is 0 Å². The predicted octanol–water partition coefficient (Wildman–Crippen LogP) is 6.08. The first-order chi connectivity index (χ1) is 13.9. The first-order valence-electron chi connectivity index (χ1n) is 10.6. The Hall–Kier alpha value is -2.30. The van der Waals surface area contributed by atoms with E-state index in [1.807, 2.05) is 0 Å². The van der Waals surface area contributed by atoms with Gasteiger partial charge in [-0.05, 0) is 57.6 Å². The van der Waals surface area contributed by atoms with E-state index >= 15 is 0 Å². The SMILES string of the molecule is CC1(C)OB(C2=CCC=C3C(C2)c2cccc4c5ccccc5n3c24)OC1(C)C. The van der Waals surface area contributed by atoms with Crippen LogP contribution in [-0.2, 0) is 9.31 Å². The van der Waals surface area contributed by atoms with Gasteiger partial charge in [0.2, 0.25) is 0 Å². The summed E-state index contributed by atoms with van der Waals surface area (Å²) in [5.41, 5.74) is 6.17. The van der Waals surface area contributed by atoms with Crippen molar-refractivity contribution >= 4 is 34.6 Å². The van der Waals surface area contributed by atoms with Crippen molar-refractivity contribution < 1.29 is 9.31 Å². The van der Waals surface area contributed by atoms with Crippen LogP contribution in [0, 0.1) is 0 Å². The average molecular weight is 383 g/mol. The topological polar surface area (TPSA) is 23.4 Å². The van der Waals surface area contributed by atoms with Gasteiger partial charge in [0.15, 0.2) is 0 Å². The standard InChI is InChI=1S/C25H26BNO2/c1-24(2)25(3,4)29-26(28-24)16-9-7-14-22-20(15-16)19-12-8-11-18-17-10-5-6-13-21(17)27(22)23(18)19/h5-6,8-14,20H,7,15H2,1-4H3. The third kappa shape index (κ3) is 2.27. The van der Waals surface area contributed by atoms with Gasteiger partial charge in [0, 0.05) is 22.4 Å². The molecule has 4 heteroatoms. The normalized spacial score (nSPS) is 24.6. The molecule has 0 saturated carbocycles. The van der Waals surface area contributed by atoms with E-state index < -0.39 is 0 Å². The average Bonchev–Trinajstić information content (AvgIpc) is 3.17. The highest BCUT2D eigenvalue weighted by Crippen LogP contribution is 2.50. The van der Waals surface area contributed by atoms with Crippen molar-refractivity contribution in [2.45, 2.75) is 57.7 Å². The van der Waals surface area contributed by atoms with Crippen molar-refractivity contribution in [3.05, 3.63) is 65.7 Å². The molecular formula is C25H26BNO2. The van der Waals surface area contributed by atoms with Crippen molar-refractivity contribution in [1.29, 1.82) is 0 Å². The van der Waals surface area contributed by atoms with Gasteiger partial charge in [0.25, 0.3) is 0 Å². The van der Waals surface area contributed by atoms with Gasteiger partial charge in [0.05, 0.1) is 22.2 Å². The lowest BCUT2D eigenvalue weighted by Gasteiger charge is -2.32. The second-order valence-electron chi connectivity index (χ2n) is 9.58. The summed E-state index contributed by atoms with van der Waals surface area (Å²) >= 11 is 0. The molecule has 0 radical (unpaired) electrons. The zero-order valence-electron chi connectivity index (χ0n) is 17.5. The van der Waals surface area contributed by atoms with Gasteiger partial charge in [0.1, 0.15) is 0 Å². The van der Waals surface area contributed by atoms with Crippen molar-refractivity contribution in [1.82, 2.24) is 4.57 Å². The molecular weight excluding hydrogens is 357 g/mol. The molecule has 1 unspecified atom stereocenters. The van der Waals surface area contributed by atoms with E-state index in [1.165, 1.54) is 38.5 Å². The lowest BCUT2D eigenvalue weighted by atomic mass is 9.72. The fourth-order valence-electron chi connectivity index (χ4n) is 5.19. The molecule has 0 N–H and O–H groups in total. The number of para-hydroxylation sites is 2. The zero-order valence-corrected chi connectivity index (χ0v) is 17.5. The van der Waals surface area contributed by atoms with E-state index in [-0.39, 0.29) is 18.3 Å². The summed E-state index contributed by atoms with van der Waals surface area (Å²) in [7, 11) is -0.261. The maximum absolute atomic E-state index is 6.39. The largest absolute Gasteiger partial charge is 0.490 e. The summed E-state index contributed by atoms with van der Waals surface area (Å²) in [4.78, 5) is 0. The Balaban J connectivity index is 1.45. The van der Waals surface area contributed by atoms with Gasteiger partial charge in [-0.1, -0.05) is 48.6 Å². The molecule has 2 aliphatic heterocycles. The van der Waals surface area contributed by atoms with Crippen molar-refractivity contribution in [3.63, 3.8) is 0 Å². The number of hydrogen-bond acceptors (Lipinski definition) is 2. The van der Waals surface area contributed by atoms with Gasteiger partial charge < -0.3 is 13.9 Å². The van der Waals surface area contributed by atoms with E-state index in [0.29, 0.717) is 5.92 Å². The number of aromatic nitrogens is 1. The molecule has 146 valence electrons. The molecule has 1 aromatic heterocycles. The molecule has 3 nitrogen and oxygen atoms in total. The van der Waals surface area contributed by atoms with Crippen LogP contribution in [0.1, 0.15) is 52.0 Å². The van der Waals surface area contributed by atoms with E-state index in [0.717, 1.165) is 12.8 Å². The molecule has 3 heterocycles. The molecule has 2 aromatic carbocycles. The summed E-state index contributed by atoms with van der Waals surface area (Å²) in [6.07, 6.45) is 6.57. The molecule has 1 aliphatic carbocycles. The van der Waals surface area contributed by atoms with Gasteiger partial charge in [-0.15, -0.1) is 0 Å². The first kappa shape index (κ1) is 17.6. The van der Waals surface area contributed by atoms with Crippen LogP contribution in [0.15, 0.2) is 60.1 Å². The molecule has 1 atom stereocenters. The highest BCUT2D eigenvalue weighted by atomic mass is 16.7. The number of allylic oxidation sites excluding steroid dienone is 4. The summed E-state index contributed by atoms with van der Waals surface area (Å²) in [5.74, 6) is 0.353. The van der Waals surface area contributed by atoms with Crippen LogP contribution >= 0.6 is 0 Å². The van der Waals surface area contributed by atoms with Gasteiger partial charge in [-0.25, -0.2) is 0 Å². The predicted molar refractivity (Wildman–Crippen MR) is 120 cm³/mol. The summed E-state index contributed by atoms with van der Waals surface area (Å²) in [6, 6.07) is 15.5. The van der Waals surface area contributed by atoms with Crippen molar-refractivity contribution in [2.24, 2.45) is 0 Å². The molecule has 1 saturated heterocycles. The molecule has 3 aromatic rings. The lowest BCUT2D eigenvalue weighted by molar-refractivity contribution is 0.00578. The number of fused-ring (bicyclic) bond motifs is 6. The summed E-state index contributed by atoms with van der Waals surface area (Å²) < 4.78 is 15.3. The van der Waals surface area contributed by atoms with E-state index in [4.69, 9.17) is 9.31 Å². The van der Waals surface area contributed by atoms with Gasteiger partial charge in [-0.3, -0.25) is 0 Å². The smallest absolute Gasteiger partial charge is 0.400 e. The van der Waals surface area contributed by atoms with Crippen LogP contribution in [0.2, 0.25) is 0 Å². The minimum absolute atomic E-state index is 0.261. The van der Waals surface area contributed by atoms with Crippen LogP contribution in [0.5, 0.6) is 0 Å². The van der Waals surface area contributed by atoms with Crippen LogP contribution in [0.3, 0.4) is 0 Å². The Morgan fingerprint density at radius 3 is 2.41 bits per heavy atom. The summed E-state index contributed by atoms with van der Waals surface area (Å²) in [6.45, 7) is 8.51. The Kier molecular flexibility index (Phi) is 3.42. The Morgan fingerprint density at radius 2 is 1.62 bits per heavy atom. The molecule has 6 rings (SSSR count). The second-order valence-corrected chi connectivity index (χ2v) is 9.58. The number of benzene rings is 2. The monoisotopic (exact) mass is 383 g/mol. The first-order valence-corrected chi connectivity index (χ1v) is 10.6. The third-order valence-corrected chi connectivity index (χ3v) is 7.42. The Bertz CT molecular complexity index is 1210. The lowest BCUT2D eigenvalue weighted by Crippen LogP contribution is -2.41. The van der Waals surface area contributed by atoms with Crippen LogP contribution < -0.4 is 0 Å². The Labute approximate surface area is 172 Å². The number of hydrogen-bond donors (Lipinski definition) is 0. The quantitative estimate of drug-likeness (QED) is 0.475. The van der Waals surface area contributed by atoms with Gasteiger partial charge in [-0.2, -0.15) is 0 Å². The van der Waals surface area contributed by atoms with E-state index in [1.54, 1.807) is 0 Å².